The maximum Gasteiger partial charge on any atom is 0.335 e. The number of benzene rings is 2. The van der Waals surface area contributed by atoms with Crippen LogP contribution in [0.15, 0.2) is 41.8 Å². The third-order valence-electron chi connectivity index (χ3n) is 6.11. The number of aromatic carboxylic acids is 1. The molecule has 0 aliphatic heterocycles. The molecule has 0 spiro atoms. The van der Waals surface area contributed by atoms with Crippen LogP contribution in [-0.4, -0.2) is 19.5 Å². The molecule has 164 valence electrons. The van der Waals surface area contributed by atoms with Crippen molar-refractivity contribution in [3.63, 3.8) is 0 Å². The van der Waals surface area contributed by atoms with E-state index in [1.54, 1.807) is 30.3 Å². The van der Waals surface area contributed by atoms with Crippen LogP contribution in [0.5, 0.6) is 0 Å². The van der Waals surface area contributed by atoms with Crippen LogP contribution in [0.3, 0.4) is 0 Å². The molecule has 0 unspecified atom stereocenters. The zero-order valence-electron chi connectivity index (χ0n) is 18.3. The summed E-state index contributed by atoms with van der Waals surface area (Å²) in [5.74, 6) is -0.967. The number of rotatable bonds is 5. The molecule has 0 radical (unpaired) electrons. The van der Waals surface area contributed by atoms with Gasteiger partial charge in [0.2, 0.25) is 10.0 Å². The molecular formula is C25H29NO4S. The van der Waals surface area contributed by atoms with Crippen molar-refractivity contribution >= 4 is 34.2 Å². The molecule has 2 aromatic rings. The van der Waals surface area contributed by atoms with E-state index in [2.05, 4.69) is 39.8 Å². The molecule has 3 rings (SSSR count). The molecule has 0 saturated heterocycles. The minimum atomic E-state index is -3.75. The van der Waals surface area contributed by atoms with Crippen LogP contribution in [0.2, 0.25) is 0 Å². The van der Waals surface area contributed by atoms with Crippen LogP contribution in [-0.2, 0) is 20.9 Å². The monoisotopic (exact) mass is 439 g/mol. The van der Waals surface area contributed by atoms with Gasteiger partial charge in [-0.25, -0.2) is 18.4 Å². The number of carbonyl (C=O) groups is 1. The number of nitrogens with two attached hydrogens (primary N) is 1. The average molecular weight is 440 g/mol. The molecule has 6 heteroatoms. The van der Waals surface area contributed by atoms with Gasteiger partial charge in [0, 0.05) is 5.41 Å². The van der Waals surface area contributed by atoms with Gasteiger partial charge in [-0.05, 0) is 69.7 Å². The summed E-state index contributed by atoms with van der Waals surface area (Å²) in [6, 6.07) is 10.8. The van der Waals surface area contributed by atoms with Gasteiger partial charge in [-0.15, -0.1) is 0 Å². The average Bonchev–Trinajstić information content (AvgIpc) is 2.68. The number of sulfonamides is 1. The van der Waals surface area contributed by atoms with Gasteiger partial charge in [0.15, 0.2) is 0 Å². The number of carboxylic acids is 1. The maximum atomic E-state index is 11.5. The van der Waals surface area contributed by atoms with E-state index in [1.807, 2.05) is 12.2 Å². The Morgan fingerprint density at radius 3 is 1.84 bits per heavy atom. The van der Waals surface area contributed by atoms with E-state index in [-0.39, 0.29) is 16.4 Å². The second-order valence-electron chi connectivity index (χ2n) is 9.45. The lowest BCUT2D eigenvalue weighted by Crippen LogP contribution is -2.34. The number of hydrogen-bond donors (Lipinski definition) is 2. The van der Waals surface area contributed by atoms with Gasteiger partial charge in [0.1, 0.15) is 0 Å². The SMILES string of the molecule is CC1(C)CCC(C)(C)c2cc(C=CS(N)(=O)=O)c(C=Cc3ccc(C(=O)O)cc3)cc21. The Kier molecular flexibility index (Phi) is 6.00. The fourth-order valence-electron chi connectivity index (χ4n) is 4.03. The first-order valence-corrected chi connectivity index (χ1v) is 11.8. The zero-order valence-corrected chi connectivity index (χ0v) is 19.2. The summed E-state index contributed by atoms with van der Waals surface area (Å²) >= 11 is 0. The Bertz CT molecular complexity index is 1170. The van der Waals surface area contributed by atoms with Crippen LogP contribution in [0.4, 0.5) is 0 Å². The van der Waals surface area contributed by atoms with E-state index < -0.39 is 16.0 Å². The lowest BCUT2D eigenvalue weighted by atomic mass is 9.62. The second kappa shape index (κ2) is 8.09. The number of fused-ring (bicyclic) bond motifs is 1. The highest BCUT2D eigenvalue weighted by molar-refractivity contribution is 7.92. The smallest absolute Gasteiger partial charge is 0.335 e. The summed E-state index contributed by atoms with van der Waals surface area (Å²) in [4.78, 5) is 11.1. The van der Waals surface area contributed by atoms with Crippen molar-refractivity contribution in [1.29, 1.82) is 0 Å². The van der Waals surface area contributed by atoms with Gasteiger partial charge in [0.05, 0.1) is 5.56 Å². The summed E-state index contributed by atoms with van der Waals surface area (Å²) < 4.78 is 23.1. The third-order valence-corrected chi connectivity index (χ3v) is 6.62. The lowest BCUT2D eigenvalue weighted by molar-refractivity contribution is 0.0697. The van der Waals surface area contributed by atoms with Crippen LogP contribution in [0.25, 0.3) is 18.2 Å². The van der Waals surface area contributed by atoms with Gasteiger partial charge in [0.25, 0.3) is 0 Å². The molecule has 0 heterocycles. The van der Waals surface area contributed by atoms with Gasteiger partial charge >= 0.3 is 5.97 Å². The summed E-state index contributed by atoms with van der Waals surface area (Å²) in [6.45, 7) is 8.90. The van der Waals surface area contributed by atoms with Crippen molar-refractivity contribution in [2.24, 2.45) is 5.14 Å². The summed E-state index contributed by atoms with van der Waals surface area (Å²) in [7, 11) is -3.75. The van der Waals surface area contributed by atoms with E-state index >= 15 is 0 Å². The molecule has 2 aromatic carbocycles. The Morgan fingerprint density at radius 1 is 0.903 bits per heavy atom. The molecule has 0 atom stereocenters. The van der Waals surface area contributed by atoms with Gasteiger partial charge in [-0.1, -0.05) is 64.1 Å². The molecule has 5 nitrogen and oxygen atoms in total. The Hall–Kier alpha value is -2.70. The van der Waals surface area contributed by atoms with Crippen molar-refractivity contribution in [3.8, 4) is 0 Å². The third kappa shape index (κ3) is 5.32. The van der Waals surface area contributed by atoms with E-state index in [1.165, 1.54) is 11.1 Å². The molecule has 1 aliphatic rings. The topological polar surface area (TPSA) is 97.5 Å². The predicted octanol–water partition coefficient (Wildman–Crippen LogP) is 5.16. The maximum absolute atomic E-state index is 11.5. The minimum Gasteiger partial charge on any atom is -0.478 e. The molecular weight excluding hydrogens is 410 g/mol. The quantitative estimate of drug-likeness (QED) is 0.629. The summed E-state index contributed by atoms with van der Waals surface area (Å²) in [5, 5.41) is 15.3. The highest BCUT2D eigenvalue weighted by Gasteiger charge is 2.37. The predicted molar refractivity (Wildman–Crippen MR) is 126 cm³/mol. The summed E-state index contributed by atoms with van der Waals surface area (Å²) in [6.07, 6.45) is 7.48. The van der Waals surface area contributed by atoms with Crippen molar-refractivity contribution in [2.75, 3.05) is 0 Å². The molecule has 0 amide bonds. The number of carboxylic acid groups (broad SMARTS) is 1. The largest absolute Gasteiger partial charge is 0.478 e. The summed E-state index contributed by atoms with van der Waals surface area (Å²) in [5.41, 5.74) is 5.22. The van der Waals surface area contributed by atoms with Crippen LogP contribution >= 0.6 is 0 Å². The van der Waals surface area contributed by atoms with Crippen LogP contribution < -0.4 is 5.14 Å². The first kappa shape index (κ1) is 23.0. The molecule has 1 aliphatic carbocycles. The van der Waals surface area contributed by atoms with E-state index in [9.17, 15) is 13.2 Å². The fourth-order valence-corrected chi connectivity index (χ4v) is 4.36. The van der Waals surface area contributed by atoms with Gasteiger partial charge in [-0.2, -0.15) is 0 Å². The van der Waals surface area contributed by atoms with E-state index in [4.69, 9.17) is 10.2 Å². The number of hydrogen-bond acceptors (Lipinski definition) is 3. The van der Waals surface area contributed by atoms with Crippen molar-refractivity contribution in [1.82, 2.24) is 0 Å². The molecule has 0 bridgehead atoms. The van der Waals surface area contributed by atoms with Gasteiger partial charge < -0.3 is 5.11 Å². The normalized spacial score (nSPS) is 17.7. The van der Waals surface area contributed by atoms with Gasteiger partial charge in [-0.3, -0.25) is 0 Å². The Labute approximate surface area is 184 Å². The van der Waals surface area contributed by atoms with Crippen LogP contribution in [0, 0.1) is 0 Å². The molecule has 3 N–H and O–H groups in total. The molecule has 0 fully saturated rings. The van der Waals surface area contributed by atoms with Crippen molar-refractivity contribution in [2.45, 2.75) is 51.4 Å². The highest BCUT2D eigenvalue weighted by atomic mass is 32.2. The standard InChI is InChI=1S/C25H29NO4S/c1-24(2)12-13-25(3,4)22-16-20(11-14-31(26,29)30)19(15-21(22)24)10-7-17-5-8-18(9-6-17)23(27)28/h5-11,14-16H,12-13H2,1-4H3,(H,27,28)(H2,26,29,30). The molecule has 0 aromatic heterocycles. The molecule has 31 heavy (non-hydrogen) atoms. The number of primary sulfonamides is 1. The van der Waals surface area contributed by atoms with E-state index in [0.29, 0.717) is 0 Å². The first-order valence-electron chi connectivity index (χ1n) is 10.2. The lowest BCUT2D eigenvalue weighted by Gasteiger charge is -2.42. The Morgan fingerprint density at radius 2 is 1.39 bits per heavy atom. The first-order chi connectivity index (χ1) is 14.3. The Balaban J connectivity index is 2.13. The fraction of sp³-hybridized carbons (Fsp3) is 0.320. The second-order valence-corrected chi connectivity index (χ2v) is 10.9. The van der Waals surface area contributed by atoms with Crippen LogP contribution in [0.1, 0.15) is 78.7 Å². The molecule has 0 saturated carbocycles. The van der Waals surface area contributed by atoms with Crippen molar-refractivity contribution < 1.29 is 18.3 Å². The minimum absolute atomic E-state index is 0.00998. The highest BCUT2D eigenvalue weighted by Crippen LogP contribution is 2.46. The van der Waals surface area contributed by atoms with Crippen molar-refractivity contribution in [3.05, 3.63) is 75.2 Å². The zero-order chi connectivity index (χ0) is 23.0. The van der Waals surface area contributed by atoms with E-state index in [0.717, 1.165) is 34.9 Å².